The zero-order chi connectivity index (χ0) is 23.2. The standard InChI is InChI=1S/C16H21Cl2FN2.C4H6O6/c17-13-2-1-12(15(18)9-13)10-21(11-16(19)5-6-16)14-3-7-20-8-4-14;5-1(3(7)8)2(6)4(9)10/h1-2,9,14,20H,3-8,10-11H2;1-2,5-6H,(H,7,8)(H,9,10). The van der Waals surface area contributed by atoms with Gasteiger partial charge >= 0.3 is 11.9 Å². The van der Waals surface area contributed by atoms with Crippen LogP contribution in [0.15, 0.2) is 18.2 Å². The third kappa shape index (κ3) is 8.17. The Morgan fingerprint density at radius 1 is 1.13 bits per heavy atom. The fourth-order valence-electron chi connectivity index (χ4n) is 3.28. The van der Waals surface area contributed by atoms with Crippen molar-refractivity contribution in [2.45, 2.75) is 56.1 Å². The van der Waals surface area contributed by atoms with Crippen LogP contribution < -0.4 is 5.32 Å². The molecule has 1 aliphatic heterocycles. The highest BCUT2D eigenvalue weighted by Gasteiger charge is 2.45. The molecule has 3 rings (SSSR count). The van der Waals surface area contributed by atoms with Gasteiger partial charge in [0.05, 0.1) is 0 Å². The van der Waals surface area contributed by atoms with Crippen LogP contribution >= 0.6 is 23.2 Å². The van der Waals surface area contributed by atoms with Crippen molar-refractivity contribution in [3.63, 3.8) is 0 Å². The summed E-state index contributed by atoms with van der Waals surface area (Å²) in [5.74, 6) is -3.54. The molecule has 1 heterocycles. The van der Waals surface area contributed by atoms with Gasteiger partial charge < -0.3 is 25.7 Å². The number of piperidine rings is 1. The van der Waals surface area contributed by atoms with E-state index in [4.69, 9.17) is 43.6 Å². The second-order valence-corrected chi connectivity index (χ2v) is 8.68. The van der Waals surface area contributed by atoms with E-state index >= 15 is 0 Å². The van der Waals surface area contributed by atoms with E-state index in [0.717, 1.165) is 31.5 Å². The average molecular weight is 481 g/mol. The van der Waals surface area contributed by atoms with Crippen LogP contribution in [0.4, 0.5) is 4.39 Å². The molecule has 1 aromatic carbocycles. The molecule has 1 aromatic rings. The summed E-state index contributed by atoms with van der Waals surface area (Å²) in [6.07, 6.45) is -0.996. The minimum atomic E-state index is -2.27. The van der Waals surface area contributed by atoms with Gasteiger partial charge in [-0.2, -0.15) is 0 Å². The van der Waals surface area contributed by atoms with Crippen LogP contribution in [0.1, 0.15) is 31.2 Å². The van der Waals surface area contributed by atoms with Crippen LogP contribution in [0.25, 0.3) is 0 Å². The lowest BCUT2D eigenvalue weighted by Gasteiger charge is -2.35. The molecule has 1 saturated heterocycles. The van der Waals surface area contributed by atoms with Crippen molar-refractivity contribution in [1.29, 1.82) is 0 Å². The van der Waals surface area contributed by atoms with Crippen LogP contribution in [-0.4, -0.2) is 80.8 Å². The van der Waals surface area contributed by atoms with E-state index in [1.54, 1.807) is 6.07 Å². The lowest BCUT2D eigenvalue weighted by Crippen LogP contribution is -2.45. The predicted octanol–water partition coefficient (Wildman–Crippen LogP) is 1.93. The Bertz CT molecular complexity index is 756. The monoisotopic (exact) mass is 480 g/mol. The first-order valence-electron chi connectivity index (χ1n) is 9.92. The summed E-state index contributed by atoms with van der Waals surface area (Å²) < 4.78 is 14.3. The lowest BCUT2D eigenvalue weighted by molar-refractivity contribution is -0.165. The molecule has 174 valence electrons. The number of carboxylic acid groups (broad SMARTS) is 2. The Balaban J connectivity index is 0.000000291. The molecule has 0 spiro atoms. The summed E-state index contributed by atoms with van der Waals surface area (Å²) in [6, 6.07) is 6.01. The van der Waals surface area contributed by atoms with E-state index in [0.29, 0.717) is 42.0 Å². The molecular formula is C20H27Cl2FN2O6. The van der Waals surface area contributed by atoms with Crippen molar-refractivity contribution >= 4 is 35.1 Å². The first kappa shape index (κ1) is 25.8. The third-order valence-electron chi connectivity index (χ3n) is 5.30. The number of hydrogen-bond acceptors (Lipinski definition) is 6. The molecule has 0 radical (unpaired) electrons. The van der Waals surface area contributed by atoms with E-state index < -0.39 is 29.8 Å². The van der Waals surface area contributed by atoms with E-state index in [2.05, 4.69) is 10.2 Å². The molecule has 2 fully saturated rings. The molecule has 2 unspecified atom stereocenters. The van der Waals surface area contributed by atoms with E-state index in [1.807, 2.05) is 12.1 Å². The second-order valence-electron chi connectivity index (χ2n) is 7.84. The number of halogens is 3. The maximum absolute atomic E-state index is 14.3. The number of carboxylic acids is 2. The molecule has 2 atom stereocenters. The van der Waals surface area contributed by atoms with Crippen LogP contribution in [0.2, 0.25) is 10.0 Å². The highest BCUT2D eigenvalue weighted by atomic mass is 35.5. The highest BCUT2D eigenvalue weighted by molar-refractivity contribution is 6.35. The zero-order valence-corrected chi connectivity index (χ0v) is 18.3. The number of nitrogens with zero attached hydrogens (tertiary/aromatic N) is 1. The summed E-state index contributed by atoms with van der Waals surface area (Å²) in [5.41, 5.74) is 0.0629. The molecular weight excluding hydrogens is 454 g/mol. The Kier molecular flexibility index (Phi) is 9.47. The number of rotatable bonds is 8. The SMILES string of the molecule is FC1(CN(Cc2ccc(Cl)cc2Cl)C2CCNCC2)CC1.O=C(O)C(O)C(O)C(=O)O. The minimum Gasteiger partial charge on any atom is -0.479 e. The first-order valence-corrected chi connectivity index (χ1v) is 10.7. The van der Waals surface area contributed by atoms with Crippen molar-refractivity contribution in [1.82, 2.24) is 10.2 Å². The number of benzene rings is 1. The van der Waals surface area contributed by atoms with Gasteiger partial charge in [-0.15, -0.1) is 0 Å². The predicted molar refractivity (Wildman–Crippen MR) is 113 cm³/mol. The maximum atomic E-state index is 14.3. The minimum absolute atomic E-state index is 0.436. The number of aliphatic carboxylic acids is 2. The second kappa shape index (κ2) is 11.4. The fraction of sp³-hybridized carbons (Fsp3) is 0.600. The zero-order valence-electron chi connectivity index (χ0n) is 16.8. The number of alkyl halides is 1. The fourth-order valence-corrected chi connectivity index (χ4v) is 3.75. The Morgan fingerprint density at radius 2 is 1.68 bits per heavy atom. The van der Waals surface area contributed by atoms with Crippen molar-refractivity contribution in [2.75, 3.05) is 19.6 Å². The van der Waals surface area contributed by atoms with Crippen molar-refractivity contribution in [3.05, 3.63) is 33.8 Å². The quantitative estimate of drug-likeness (QED) is 0.381. The van der Waals surface area contributed by atoms with Crippen molar-refractivity contribution in [2.24, 2.45) is 0 Å². The van der Waals surface area contributed by atoms with Gasteiger partial charge in [-0.05, 0) is 56.5 Å². The van der Waals surface area contributed by atoms with Crippen molar-refractivity contribution < 1.29 is 34.4 Å². The largest absolute Gasteiger partial charge is 0.479 e. The number of carbonyl (C=O) groups is 2. The molecule has 31 heavy (non-hydrogen) atoms. The van der Waals surface area contributed by atoms with Gasteiger partial charge in [0, 0.05) is 29.2 Å². The van der Waals surface area contributed by atoms with Crippen LogP contribution in [0, 0.1) is 0 Å². The van der Waals surface area contributed by atoms with Crippen LogP contribution in [0.3, 0.4) is 0 Å². The third-order valence-corrected chi connectivity index (χ3v) is 5.88. The summed E-state index contributed by atoms with van der Waals surface area (Å²) in [4.78, 5) is 21.8. The molecule has 11 heteroatoms. The summed E-state index contributed by atoms with van der Waals surface area (Å²) in [5, 5.41) is 37.2. The highest BCUT2D eigenvalue weighted by Crippen LogP contribution is 2.41. The maximum Gasteiger partial charge on any atom is 0.335 e. The normalized spacial score (nSPS) is 19.8. The summed E-state index contributed by atoms with van der Waals surface area (Å²) in [6.45, 7) is 3.24. The van der Waals surface area contributed by atoms with E-state index in [9.17, 15) is 14.0 Å². The Labute approximate surface area is 189 Å². The van der Waals surface area contributed by atoms with Crippen molar-refractivity contribution in [3.8, 4) is 0 Å². The van der Waals surface area contributed by atoms with Gasteiger partial charge in [-0.25, -0.2) is 14.0 Å². The average Bonchev–Trinajstić information content (AvgIpc) is 3.46. The Morgan fingerprint density at radius 3 is 2.13 bits per heavy atom. The molecule has 0 aromatic heterocycles. The molecule has 2 aliphatic rings. The van der Waals surface area contributed by atoms with Gasteiger partial charge in [0.2, 0.25) is 0 Å². The number of hydrogen-bond donors (Lipinski definition) is 5. The molecule has 0 bridgehead atoms. The smallest absolute Gasteiger partial charge is 0.335 e. The van der Waals surface area contributed by atoms with E-state index in [1.165, 1.54) is 0 Å². The summed E-state index contributed by atoms with van der Waals surface area (Å²) >= 11 is 12.2. The van der Waals surface area contributed by atoms with Gasteiger partial charge in [0.15, 0.2) is 12.2 Å². The van der Waals surface area contributed by atoms with Gasteiger partial charge in [0.25, 0.3) is 0 Å². The number of nitrogens with one attached hydrogen (secondary N) is 1. The topological polar surface area (TPSA) is 130 Å². The molecule has 1 aliphatic carbocycles. The number of aliphatic hydroxyl groups excluding tert-OH is 2. The lowest BCUT2D eigenvalue weighted by atomic mass is 10.0. The van der Waals surface area contributed by atoms with Gasteiger partial charge in [0.1, 0.15) is 5.67 Å². The molecule has 1 saturated carbocycles. The van der Waals surface area contributed by atoms with Gasteiger partial charge in [-0.3, -0.25) is 4.90 Å². The van der Waals surface area contributed by atoms with Crippen LogP contribution in [-0.2, 0) is 16.1 Å². The first-order chi connectivity index (χ1) is 14.5. The van der Waals surface area contributed by atoms with Gasteiger partial charge in [-0.1, -0.05) is 29.3 Å². The van der Waals surface area contributed by atoms with E-state index in [-0.39, 0.29) is 0 Å². The molecule has 0 amide bonds. The molecule has 8 nitrogen and oxygen atoms in total. The Hall–Kier alpha value is -1.49. The van der Waals surface area contributed by atoms with Crippen LogP contribution in [0.5, 0.6) is 0 Å². The summed E-state index contributed by atoms with van der Waals surface area (Å²) in [7, 11) is 0. The number of aliphatic hydroxyl groups is 2. The molecule has 5 N–H and O–H groups in total.